The lowest BCUT2D eigenvalue weighted by atomic mass is 9.76. The molecule has 2 aliphatic carbocycles. The summed E-state index contributed by atoms with van der Waals surface area (Å²) in [7, 11) is 4.53. The monoisotopic (exact) mass is 426 g/mol. The van der Waals surface area contributed by atoms with Crippen molar-refractivity contribution in [2.75, 3.05) is 14.1 Å². The van der Waals surface area contributed by atoms with Crippen LogP contribution in [0.1, 0.15) is 68.2 Å². The van der Waals surface area contributed by atoms with Gasteiger partial charge in [-0.1, -0.05) is 86.7 Å². The van der Waals surface area contributed by atoms with Gasteiger partial charge in [0, 0.05) is 22.1 Å². The van der Waals surface area contributed by atoms with Gasteiger partial charge in [-0.15, -0.1) is 0 Å². The standard InChI is InChI=1S/C30H38N2/c1-32(2)30(22-24-13-7-4-8-14-24)19-17-25(18-20-30)29-27(21-23-11-5-3-6-12-23)26-15-9-10-16-28(26)31-29/h4,7-10,13-17,23,31H,3,5-6,11-12,18-22H2,1-2H3. The lowest BCUT2D eigenvalue weighted by Crippen LogP contribution is -2.47. The first kappa shape index (κ1) is 21.5. The molecule has 0 saturated heterocycles. The lowest BCUT2D eigenvalue weighted by Gasteiger charge is -2.42. The van der Waals surface area contributed by atoms with E-state index in [1.165, 1.54) is 72.7 Å². The minimum Gasteiger partial charge on any atom is -0.355 e. The van der Waals surface area contributed by atoms with Gasteiger partial charge >= 0.3 is 0 Å². The Bertz CT molecular complexity index is 1070. The van der Waals surface area contributed by atoms with Crippen molar-refractivity contribution in [3.63, 3.8) is 0 Å². The minimum absolute atomic E-state index is 0.209. The van der Waals surface area contributed by atoms with Crippen molar-refractivity contribution >= 4 is 16.5 Å². The average Bonchev–Trinajstić information content (AvgIpc) is 3.19. The van der Waals surface area contributed by atoms with E-state index in [-0.39, 0.29) is 5.54 Å². The average molecular weight is 427 g/mol. The zero-order valence-corrected chi connectivity index (χ0v) is 19.9. The molecule has 1 unspecified atom stereocenters. The maximum Gasteiger partial charge on any atom is 0.0461 e. The highest BCUT2D eigenvalue weighted by Gasteiger charge is 2.35. The van der Waals surface area contributed by atoms with Crippen LogP contribution in [0.4, 0.5) is 0 Å². The number of benzene rings is 2. The van der Waals surface area contributed by atoms with Crippen LogP contribution in [0, 0.1) is 5.92 Å². The highest BCUT2D eigenvalue weighted by Crippen LogP contribution is 2.41. The van der Waals surface area contributed by atoms with Crippen molar-refractivity contribution < 1.29 is 0 Å². The zero-order valence-electron chi connectivity index (χ0n) is 19.9. The Morgan fingerprint density at radius 1 is 0.938 bits per heavy atom. The summed E-state index contributed by atoms with van der Waals surface area (Å²) in [6.45, 7) is 0. The van der Waals surface area contributed by atoms with Gasteiger partial charge in [0.2, 0.25) is 0 Å². The maximum atomic E-state index is 3.85. The minimum atomic E-state index is 0.209. The molecule has 0 bridgehead atoms. The van der Waals surface area contributed by atoms with Crippen LogP contribution < -0.4 is 0 Å². The van der Waals surface area contributed by atoms with E-state index in [4.69, 9.17) is 0 Å². The molecule has 0 radical (unpaired) electrons. The van der Waals surface area contributed by atoms with Crippen molar-refractivity contribution in [3.8, 4) is 0 Å². The molecular weight excluding hydrogens is 388 g/mol. The summed E-state index contributed by atoms with van der Waals surface area (Å²) in [6.07, 6.45) is 15.4. The van der Waals surface area contributed by atoms with Crippen LogP contribution in [0.3, 0.4) is 0 Å². The van der Waals surface area contributed by atoms with Gasteiger partial charge in [-0.05, 0) is 74.9 Å². The topological polar surface area (TPSA) is 19.0 Å². The summed E-state index contributed by atoms with van der Waals surface area (Å²) in [5.41, 5.74) is 7.52. The first-order chi connectivity index (χ1) is 15.6. The third kappa shape index (κ3) is 4.30. The van der Waals surface area contributed by atoms with Crippen LogP contribution in [0.25, 0.3) is 16.5 Å². The number of hydrogen-bond donors (Lipinski definition) is 1. The van der Waals surface area contributed by atoms with E-state index in [1.54, 1.807) is 5.56 Å². The summed E-state index contributed by atoms with van der Waals surface area (Å²) in [6, 6.07) is 20.0. The third-order valence-electron chi connectivity index (χ3n) is 8.27. The van der Waals surface area contributed by atoms with Gasteiger partial charge in [-0.25, -0.2) is 0 Å². The number of nitrogens with one attached hydrogen (secondary N) is 1. The van der Waals surface area contributed by atoms with Crippen LogP contribution in [0.15, 0.2) is 60.7 Å². The molecule has 1 N–H and O–H groups in total. The fourth-order valence-corrected chi connectivity index (χ4v) is 6.18. The molecule has 168 valence electrons. The summed E-state index contributed by atoms with van der Waals surface area (Å²) in [5.74, 6) is 0.852. The number of aromatic nitrogens is 1. The predicted octanol–water partition coefficient (Wildman–Crippen LogP) is 7.40. The van der Waals surface area contributed by atoms with Crippen molar-refractivity contribution in [2.24, 2.45) is 5.92 Å². The number of hydrogen-bond acceptors (Lipinski definition) is 1. The van der Waals surface area contributed by atoms with E-state index < -0.39 is 0 Å². The number of nitrogens with zero attached hydrogens (tertiary/aromatic N) is 1. The summed E-state index contributed by atoms with van der Waals surface area (Å²) in [4.78, 5) is 6.32. The Morgan fingerprint density at radius 3 is 2.41 bits per heavy atom. The Kier molecular flexibility index (Phi) is 6.24. The first-order valence-electron chi connectivity index (χ1n) is 12.6. The highest BCUT2D eigenvalue weighted by atomic mass is 15.1. The molecule has 2 heteroatoms. The van der Waals surface area contributed by atoms with Gasteiger partial charge in [0.15, 0.2) is 0 Å². The molecule has 2 aliphatic rings. The van der Waals surface area contributed by atoms with E-state index in [2.05, 4.69) is 84.7 Å². The van der Waals surface area contributed by atoms with Gasteiger partial charge in [-0.2, -0.15) is 0 Å². The molecule has 1 fully saturated rings. The SMILES string of the molecule is CN(C)C1(Cc2ccccc2)CC=C(c2[nH]c3ccccc3c2CC2CCCCC2)CC1. The molecular formula is C30H38N2. The van der Waals surface area contributed by atoms with Gasteiger partial charge in [0.05, 0.1) is 0 Å². The fraction of sp³-hybridized carbons (Fsp3) is 0.467. The largest absolute Gasteiger partial charge is 0.355 e. The Balaban J connectivity index is 1.45. The second-order valence-corrected chi connectivity index (χ2v) is 10.4. The van der Waals surface area contributed by atoms with Crippen LogP contribution >= 0.6 is 0 Å². The molecule has 0 amide bonds. The number of allylic oxidation sites excluding steroid dienone is 1. The van der Waals surface area contributed by atoms with E-state index in [0.717, 1.165) is 25.2 Å². The lowest BCUT2D eigenvalue weighted by molar-refractivity contribution is 0.138. The predicted molar refractivity (Wildman–Crippen MR) is 137 cm³/mol. The zero-order chi connectivity index (χ0) is 22.0. The molecule has 32 heavy (non-hydrogen) atoms. The summed E-state index contributed by atoms with van der Waals surface area (Å²) >= 11 is 0. The number of aromatic amines is 1. The Morgan fingerprint density at radius 2 is 1.69 bits per heavy atom. The van der Waals surface area contributed by atoms with Gasteiger partial charge in [-0.3, -0.25) is 0 Å². The quantitative estimate of drug-likeness (QED) is 0.435. The molecule has 2 nitrogen and oxygen atoms in total. The number of likely N-dealkylation sites (N-methyl/N-ethyl adjacent to an activating group) is 1. The van der Waals surface area contributed by atoms with Crippen LogP contribution in [-0.4, -0.2) is 29.5 Å². The molecule has 3 aromatic rings. The van der Waals surface area contributed by atoms with Crippen LogP contribution in [-0.2, 0) is 12.8 Å². The van der Waals surface area contributed by atoms with Gasteiger partial charge in [0.1, 0.15) is 0 Å². The number of H-pyrrole nitrogens is 1. The van der Waals surface area contributed by atoms with Crippen LogP contribution in [0.2, 0.25) is 0 Å². The second kappa shape index (κ2) is 9.27. The highest BCUT2D eigenvalue weighted by molar-refractivity contribution is 5.89. The molecule has 5 rings (SSSR count). The van der Waals surface area contributed by atoms with Crippen molar-refractivity contribution in [2.45, 2.75) is 69.7 Å². The van der Waals surface area contributed by atoms with E-state index >= 15 is 0 Å². The second-order valence-electron chi connectivity index (χ2n) is 10.4. The maximum absolute atomic E-state index is 3.85. The summed E-state index contributed by atoms with van der Waals surface area (Å²) < 4.78 is 0. The molecule has 1 heterocycles. The van der Waals surface area contributed by atoms with Crippen molar-refractivity contribution in [3.05, 3.63) is 77.5 Å². The number of rotatable bonds is 6. The molecule has 1 saturated carbocycles. The molecule has 1 atom stereocenters. The number of fused-ring (bicyclic) bond motifs is 1. The van der Waals surface area contributed by atoms with Crippen LogP contribution in [0.5, 0.6) is 0 Å². The van der Waals surface area contributed by atoms with Crippen molar-refractivity contribution in [1.29, 1.82) is 0 Å². The van der Waals surface area contributed by atoms with Crippen molar-refractivity contribution in [1.82, 2.24) is 9.88 Å². The van der Waals surface area contributed by atoms with E-state index in [1.807, 2.05) is 0 Å². The van der Waals surface area contributed by atoms with Gasteiger partial charge < -0.3 is 9.88 Å². The van der Waals surface area contributed by atoms with E-state index in [0.29, 0.717) is 0 Å². The molecule has 2 aromatic carbocycles. The third-order valence-corrected chi connectivity index (χ3v) is 8.27. The summed E-state index contributed by atoms with van der Waals surface area (Å²) in [5, 5.41) is 1.45. The number of para-hydroxylation sites is 1. The van der Waals surface area contributed by atoms with Gasteiger partial charge in [0.25, 0.3) is 0 Å². The smallest absolute Gasteiger partial charge is 0.0461 e. The molecule has 1 aromatic heterocycles. The van der Waals surface area contributed by atoms with E-state index in [9.17, 15) is 0 Å². The normalized spacial score (nSPS) is 22.4. The Labute approximate surface area is 193 Å². The molecule has 0 spiro atoms. The first-order valence-corrected chi connectivity index (χ1v) is 12.6. The fourth-order valence-electron chi connectivity index (χ4n) is 6.18. The molecule has 0 aliphatic heterocycles. The Hall–Kier alpha value is -2.32.